The highest BCUT2D eigenvalue weighted by Gasteiger charge is 2.11. The number of hydrogen-bond acceptors (Lipinski definition) is 4. The highest BCUT2D eigenvalue weighted by molar-refractivity contribution is 6.69. The molecule has 0 aromatic heterocycles. The van der Waals surface area contributed by atoms with Crippen molar-refractivity contribution in [2.24, 2.45) is 5.16 Å². The van der Waals surface area contributed by atoms with Crippen molar-refractivity contribution in [1.29, 1.82) is 0 Å². The van der Waals surface area contributed by atoms with E-state index in [-0.39, 0.29) is 10.9 Å². The van der Waals surface area contributed by atoms with E-state index < -0.39 is 4.92 Å². The fourth-order valence-electron chi connectivity index (χ4n) is 1.05. The smallest absolute Gasteiger partial charge is 0.272 e. The van der Waals surface area contributed by atoms with Gasteiger partial charge in [0.05, 0.1) is 4.92 Å². The third-order valence-electron chi connectivity index (χ3n) is 1.72. The average molecular weight is 215 g/mol. The normalized spacial score (nSPS) is 11.4. The monoisotopic (exact) mass is 214 g/mol. The van der Waals surface area contributed by atoms with E-state index >= 15 is 0 Å². The van der Waals surface area contributed by atoms with Crippen LogP contribution in [0.3, 0.4) is 0 Å². The number of rotatable bonds is 2. The number of nitrogens with zero attached hydrogens (tertiary/aromatic N) is 2. The molecule has 6 heteroatoms. The summed E-state index contributed by atoms with van der Waals surface area (Å²) in [5.41, 5.74) is 0.919. The molecule has 0 fully saturated rings. The Labute approximate surface area is 84.8 Å². The van der Waals surface area contributed by atoms with Crippen molar-refractivity contribution in [3.8, 4) is 0 Å². The van der Waals surface area contributed by atoms with Gasteiger partial charge in [0, 0.05) is 17.2 Å². The summed E-state index contributed by atoms with van der Waals surface area (Å²) in [4.78, 5) is 9.98. The van der Waals surface area contributed by atoms with Crippen molar-refractivity contribution in [2.75, 3.05) is 0 Å². The first-order valence-corrected chi connectivity index (χ1v) is 4.07. The summed E-state index contributed by atoms with van der Waals surface area (Å²) < 4.78 is 0. The third-order valence-corrected chi connectivity index (χ3v) is 2.01. The van der Waals surface area contributed by atoms with Crippen LogP contribution in [0.2, 0.25) is 0 Å². The maximum Gasteiger partial charge on any atom is 0.272 e. The molecule has 1 aromatic carbocycles. The second-order valence-corrected chi connectivity index (χ2v) is 3.01. The van der Waals surface area contributed by atoms with E-state index in [0.717, 1.165) is 0 Å². The Hall–Kier alpha value is -1.62. The van der Waals surface area contributed by atoms with Gasteiger partial charge in [-0.2, -0.15) is 0 Å². The number of nitro benzene ring substituents is 1. The van der Waals surface area contributed by atoms with Crippen LogP contribution in [0.4, 0.5) is 5.69 Å². The third kappa shape index (κ3) is 2.00. The quantitative estimate of drug-likeness (QED) is 0.355. The molecular formula is C8H7ClN2O3. The van der Waals surface area contributed by atoms with Gasteiger partial charge in [-0.3, -0.25) is 10.1 Å². The molecule has 0 saturated heterocycles. The van der Waals surface area contributed by atoms with E-state index in [1.54, 1.807) is 6.92 Å². The summed E-state index contributed by atoms with van der Waals surface area (Å²) in [7, 11) is 0. The van der Waals surface area contributed by atoms with E-state index in [1.165, 1.54) is 18.2 Å². The molecule has 0 bridgehead atoms. The predicted molar refractivity (Wildman–Crippen MR) is 52.0 cm³/mol. The van der Waals surface area contributed by atoms with Crippen LogP contribution in [-0.2, 0) is 0 Å². The van der Waals surface area contributed by atoms with Crippen molar-refractivity contribution in [3.63, 3.8) is 0 Å². The van der Waals surface area contributed by atoms with Gasteiger partial charge >= 0.3 is 0 Å². The standard InChI is InChI=1S/C8H7ClN2O3/c1-5-4-6(8(9)10-12)2-3-7(5)11(13)14/h2-4,12H,1H3. The molecule has 14 heavy (non-hydrogen) atoms. The zero-order chi connectivity index (χ0) is 10.7. The number of halogens is 1. The predicted octanol–water partition coefficient (Wildman–Crippen LogP) is 2.28. The topological polar surface area (TPSA) is 75.7 Å². The van der Waals surface area contributed by atoms with Gasteiger partial charge in [-0.1, -0.05) is 16.8 Å². The highest BCUT2D eigenvalue weighted by atomic mass is 35.5. The van der Waals surface area contributed by atoms with Gasteiger partial charge in [-0.25, -0.2) is 0 Å². The van der Waals surface area contributed by atoms with E-state index in [4.69, 9.17) is 16.8 Å². The number of benzene rings is 1. The van der Waals surface area contributed by atoms with Crippen molar-refractivity contribution >= 4 is 22.5 Å². The minimum atomic E-state index is -0.483. The van der Waals surface area contributed by atoms with Crippen LogP contribution >= 0.6 is 11.6 Å². The fraction of sp³-hybridized carbons (Fsp3) is 0.125. The molecule has 0 aliphatic rings. The Bertz CT molecular complexity index is 404. The Morgan fingerprint density at radius 1 is 1.64 bits per heavy atom. The van der Waals surface area contributed by atoms with Gasteiger partial charge in [0.15, 0.2) is 5.17 Å². The van der Waals surface area contributed by atoms with Crippen LogP contribution in [-0.4, -0.2) is 15.3 Å². The fourth-order valence-corrected chi connectivity index (χ4v) is 1.16. The summed E-state index contributed by atoms with van der Waals surface area (Å²) in [6, 6.07) is 4.23. The van der Waals surface area contributed by atoms with Crippen LogP contribution in [0.15, 0.2) is 23.4 Å². The first-order valence-electron chi connectivity index (χ1n) is 3.69. The summed E-state index contributed by atoms with van der Waals surface area (Å²) in [5, 5.41) is 21.5. The Kier molecular flexibility index (Phi) is 3.03. The van der Waals surface area contributed by atoms with Crippen LogP contribution in [0.1, 0.15) is 11.1 Å². The van der Waals surface area contributed by atoms with E-state index in [0.29, 0.717) is 11.1 Å². The number of aryl methyl sites for hydroxylation is 1. The van der Waals surface area contributed by atoms with Gasteiger partial charge in [-0.15, -0.1) is 0 Å². The molecular weight excluding hydrogens is 208 g/mol. The molecule has 0 spiro atoms. The second-order valence-electron chi connectivity index (χ2n) is 2.65. The molecule has 0 aliphatic heterocycles. The van der Waals surface area contributed by atoms with Crippen LogP contribution in [0.25, 0.3) is 0 Å². The van der Waals surface area contributed by atoms with Crippen molar-refractivity contribution < 1.29 is 10.1 Å². The molecule has 0 atom stereocenters. The SMILES string of the molecule is Cc1cc(C(Cl)=NO)ccc1[N+](=O)[O-]. The first kappa shape index (κ1) is 10.5. The zero-order valence-corrected chi connectivity index (χ0v) is 8.02. The molecule has 0 saturated carbocycles. The van der Waals surface area contributed by atoms with Crippen LogP contribution in [0.5, 0.6) is 0 Å². The molecule has 5 nitrogen and oxygen atoms in total. The molecule has 0 amide bonds. The largest absolute Gasteiger partial charge is 0.410 e. The Balaban J connectivity index is 3.19. The Morgan fingerprint density at radius 2 is 2.29 bits per heavy atom. The molecule has 0 heterocycles. The molecule has 1 N–H and O–H groups in total. The number of oxime groups is 1. The average Bonchev–Trinajstić information content (AvgIpc) is 2.15. The summed E-state index contributed by atoms with van der Waals surface area (Å²) in [6.45, 7) is 1.59. The lowest BCUT2D eigenvalue weighted by atomic mass is 10.1. The molecule has 74 valence electrons. The lowest BCUT2D eigenvalue weighted by Gasteiger charge is -1.99. The summed E-state index contributed by atoms with van der Waals surface area (Å²) in [6.07, 6.45) is 0. The molecule has 0 aliphatic carbocycles. The molecule has 0 radical (unpaired) electrons. The summed E-state index contributed by atoms with van der Waals surface area (Å²) >= 11 is 5.52. The van der Waals surface area contributed by atoms with E-state index in [2.05, 4.69) is 5.16 Å². The molecule has 1 rings (SSSR count). The van der Waals surface area contributed by atoms with Gasteiger partial charge < -0.3 is 5.21 Å². The first-order chi connectivity index (χ1) is 6.56. The highest BCUT2D eigenvalue weighted by Crippen LogP contribution is 2.19. The minimum Gasteiger partial charge on any atom is -0.410 e. The summed E-state index contributed by atoms with van der Waals surface area (Å²) in [5.74, 6) is 0. The minimum absolute atomic E-state index is 0.0103. The van der Waals surface area contributed by atoms with Gasteiger partial charge in [0.25, 0.3) is 5.69 Å². The van der Waals surface area contributed by atoms with Crippen LogP contribution in [0, 0.1) is 17.0 Å². The van der Waals surface area contributed by atoms with Gasteiger partial charge in [-0.05, 0) is 19.1 Å². The maximum atomic E-state index is 10.5. The molecule has 1 aromatic rings. The Morgan fingerprint density at radius 3 is 2.71 bits per heavy atom. The lowest BCUT2D eigenvalue weighted by Crippen LogP contribution is -1.96. The second kappa shape index (κ2) is 4.06. The maximum absolute atomic E-state index is 10.5. The van der Waals surface area contributed by atoms with Crippen LogP contribution < -0.4 is 0 Å². The van der Waals surface area contributed by atoms with Crippen molar-refractivity contribution in [2.45, 2.75) is 6.92 Å². The molecule has 0 unspecified atom stereocenters. The van der Waals surface area contributed by atoms with E-state index in [1.807, 2.05) is 0 Å². The zero-order valence-electron chi connectivity index (χ0n) is 7.27. The number of hydrogen-bond donors (Lipinski definition) is 1. The number of nitro groups is 1. The van der Waals surface area contributed by atoms with Gasteiger partial charge in [0.1, 0.15) is 0 Å². The van der Waals surface area contributed by atoms with Crippen molar-refractivity contribution in [1.82, 2.24) is 0 Å². The van der Waals surface area contributed by atoms with Gasteiger partial charge in [0.2, 0.25) is 0 Å². The lowest BCUT2D eigenvalue weighted by molar-refractivity contribution is -0.385. The van der Waals surface area contributed by atoms with E-state index in [9.17, 15) is 10.1 Å². The van der Waals surface area contributed by atoms with Crippen molar-refractivity contribution in [3.05, 3.63) is 39.4 Å².